The van der Waals surface area contributed by atoms with Gasteiger partial charge in [-0.25, -0.2) is 8.42 Å². The second-order valence-electron chi connectivity index (χ2n) is 7.77. The maximum atomic E-state index is 13.0. The molecule has 2 aliphatic rings. The third kappa shape index (κ3) is 4.78. The van der Waals surface area contributed by atoms with Crippen LogP contribution in [0, 0.1) is 11.3 Å². The zero-order valence-electron chi connectivity index (χ0n) is 17.6. The van der Waals surface area contributed by atoms with Gasteiger partial charge in [-0.3, -0.25) is 4.79 Å². The van der Waals surface area contributed by atoms with Crippen LogP contribution in [0.2, 0.25) is 0 Å². The average Bonchev–Trinajstić information content (AvgIpc) is 3.36. The zero-order chi connectivity index (χ0) is 22.6. The lowest BCUT2D eigenvalue weighted by atomic mass is 10.2. The van der Waals surface area contributed by atoms with Crippen LogP contribution >= 0.6 is 0 Å². The quantitative estimate of drug-likeness (QED) is 0.663. The molecule has 2 aromatic rings. The highest BCUT2D eigenvalue weighted by Gasteiger charge is 2.31. The van der Waals surface area contributed by atoms with Crippen molar-refractivity contribution in [3.05, 3.63) is 59.7 Å². The number of hydrogen-bond donors (Lipinski definition) is 0. The van der Waals surface area contributed by atoms with E-state index in [1.807, 2.05) is 6.07 Å². The first-order chi connectivity index (χ1) is 15.5. The summed E-state index contributed by atoms with van der Waals surface area (Å²) in [4.78, 5) is 14.5. The fraction of sp³-hybridized carbons (Fsp3) is 0.391. The topological polar surface area (TPSA) is 99.9 Å². The first kappa shape index (κ1) is 22.3. The number of nitriles is 1. The Balaban J connectivity index is 1.34. The highest BCUT2D eigenvalue weighted by molar-refractivity contribution is 7.89. The van der Waals surface area contributed by atoms with Crippen LogP contribution in [0.4, 0.5) is 0 Å². The molecule has 1 unspecified atom stereocenters. The molecular formula is C23H25N3O5S. The Morgan fingerprint density at radius 1 is 1.09 bits per heavy atom. The summed E-state index contributed by atoms with van der Waals surface area (Å²) in [5.41, 5.74) is 0.647. The van der Waals surface area contributed by atoms with Crippen molar-refractivity contribution in [2.45, 2.75) is 23.8 Å². The van der Waals surface area contributed by atoms with Crippen LogP contribution < -0.4 is 4.74 Å². The standard InChI is InChI=1S/C23H25N3O5S/c24-16-19-4-1-2-6-22(19)32(28,29)26-13-11-25(12-14-26)23(27)18-7-9-20(10-8-18)31-17-21-5-3-15-30-21/h1-2,4,6-10,21H,3,5,11-15,17H2. The van der Waals surface area contributed by atoms with E-state index in [2.05, 4.69) is 0 Å². The molecular weight excluding hydrogens is 430 g/mol. The van der Waals surface area contributed by atoms with Gasteiger partial charge in [-0.05, 0) is 49.2 Å². The fourth-order valence-corrected chi connectivity index (χ4v) is 5.46. The minimum Gasteiger partial charge on any atom is -0.491 e. The highest BCUT2D eigenvalue weighted by atomic mass is 32.2. The van der Waals surface area contributed by atoms with Crippen LogP contribution in [-0.2, 0) is 14.8 Å². The molecule has 0 N–H and O–H groups in total. The number of carbonyl (C=O) groups excluding carboxylic acids is 1. The van der Waals surface area contributed by atoms with Crippen LogP contribution in [-0.4, -0.2) is 69.0 Å². The molecule has 1 amide bonds. The number of nitrogens with zero attached hydrogens (tertiary/aromatic N) is 3. The molecule has 2 saturated heterocycles. The van der Waals surface area contributed by atoms with Crippen molar-refractivity contribution >= 4 is 15.9 Å². The second kappa shape index (κ2) is 9.69. The summed E-state index contributed by atoms with van der Waals surface area (Å²) < 4.78 is 38.5. The minimum atomic E-state index is -3.79. The predicted molar refractivity (Wildman–Crippen MR) is 117 cm³/mol. The summed E-state index contributed by atoms with van der Waals surface area (Å²) in [5.74, 6) is 0.536. The van der Waals surface area contributed by atoms with E-state index in [0.29, 0.717) is 17.9 Å². The SMILES string of the molecule is N#Cc1ccccc1S(=O)(=O)N1CCN(C(=O)c2ccc(OCC3CCCO3)cc2)CC1. The van der Waals surface area contributed by atoms with Crippen molar-refractivity contribution in [3.63, 3.8) is 0 Å². The molecule has 2 aromatic carbocycles. The van der Waals surface area contributed by atoms with Crippen LogP contribution in [0.25, 0.3) is 0 Å². The van der Waals surface area contributed by atoms with Gasteiger partial charge in [0, 0.05) is 38.3 Å². The first-order valence-electron chi connectivity index (χ1n) is 10.6. The van der Waals surface area contributed by atoms with Crippen LogP contribution in [0.5, 0.6) is 5.75 Å². The molecule has 0 aromatic heterocycles. The lowest BCUT2D eigenvalue weighted by molar-refractivity contribution is 0.0676. The molecule has 1 atom stereocenters. The first-order valence-corrected chi connectivity index (χ1v) is 12.1. The van der Waals surface area contributed by atoms with Gasteiger partial charge in [0.15, 0.2) is 0 Å². The van der Waals surface area contributed by atoms with Gasteiger partial charge in [0.05, 0.1) is 16.6 Å². The predicted octanol–water partition coefficient (Wildman–Crippen LogP) is 2.26. The number of piperazine rings is 1. The maximum Gasteiger partial charge on any atom is 0.253 e. The number of benzene rings is 2. The minimum absolute atomic E-state index is 0.000805. The summed E-state index contributed by atoms with van der Waals surface area (Å²) in [6.07, 6.45) is 2.19. The summed E-state index contributed by atoms with van der Waals surface area (Å²) in [6.45, 7) is 2.19. The number of ether oxygens (including phenoxy) is 2. The summed E-state index contributed by atoms with van der Waals surface area (Å²) in [6, 6.07) is 15.1. The number of hydrogen-bond acceptors (Lipinski definition) is 6. The summed E-state index contributed by atoms with van der Waals surface area (Å²) in [7, 11) is -3.79. The smallest absolute Gasteiger partial charge is 0.253 e. The molecule has 8 nitrogen and oxygen atoms in total. The lowest BCUT2D eigenvalue weighted by Crippen LogP contribution is -2.50. The molecule has 4 rings (SSSR count). The second-order valence-corrected chi connectivity index (χ2v) is 9.68. The van der Waals surface area contributed by atoms with E-state index in [4.69, 9.17) is 9.47 Å². The average molecular weight is 456 g/mol. The monoisotopic (exact) mass is 455 g/mol. The van der Waals surface area contributed by atoms with Crippen LogP contribution in [0.3, 0.4) is 0 Å². The van der Waals surface area contributed by atoms with Gasteiger partial charge in [-0.1, -0.05) is 12.1 Å². The Bertz CT molecular complexity index is 1100. The van der Waals surface area contributed by atoms with Crippen molar-refractivity contribution in [1.82, 2.24) is 9.21 Å². The third-order valence-electron chi connectivity index (χ3n) is 5.71. The van der Waals surface area contributed by atoms with Gasteiger partial charge < -0.3 is 14.4 Å². The molecule has 168 valence electrons. The maximum absolute atomic E-state index is 13.0. The molecule has 0 aliphatic carbocycles. The summed E-state index contributed by atoms with van der Waals surface area (Å²) in [5, 5.41) is 9.23. The van der Waals surface area contributed by atoms with Crippen LogP contribution in [0.15, 0.2) is 53.4 Å². The zero-order valence-corrected chi connectivity index (χ0v) is 18.5. The normalized spacial score (nSPS) is 19.5. The molecule has 0 radical (unpaired) electrons. The molecule has 0 spiro atoms. The molecule has 2 fully saturated rings. The van der Waals surface area contributed by atoms with Crippen molar-refractivity contribution in [2.75, 3.05) is 39.4 Å². The number of carbonyl (C=O) groups is 1. The summed E-state index contributed by atoms with van der Waals surface area (Å²) >= 11 is 0. The number of rotatable bonds is 6. The molecule has 2 heterocycles. The third-order valence-corrected chi connectivity index (χ3v) is 7.67. The van der Waals surface area contributed by atoms with Gasteiger partial charge in [-0.2, -0.15) is 9.57 Å². The highest BCUT2D eigenvalue weighted by Crippen LogP contribution is 2.22. The van der Waals surface area contributed by atoms with Gasteiger partial charge in [-0.15, -0.1) is 0 Å². The number of amides is 1. The van der Waals surface area contributed by atoms with E-state index >= 15 is 0 Å². The fourth-order valence-electron chi connectivity index (χ4n) is 3.90. The Kier molecular flexibility index (Phi) is 6.74. The Hall–Kier alpha value is -2.93. The molecule has 2 aliphatic heterocycles. The molecule has 0 saturated carbocycles. The van der Waals surface area contributed by atoms with Gasteiger partial charge in [0.1, 0.15) is 18.4 Å². The van der Waals surface area contributed by atoms with Crippen LogP contribution in [0.1, 0.15) is 28.8 Å². The Labute approximate surface area is 188 Å². The van der Waals surface area contributed by atoms with Crippen molar-refractivity contribution in [2.24, 2.45) is 0 Å². The lowest BCUT2D eigenvalue weighted by Gasteiger charge is -2.34. The van der Waals surface area contributed by atoms with Gasteiger partial charge in [0.25, 0.3) is 5.91 Å². The van der Waals surface area contributed by atoms with E-state index in [1.165, 1.54) is 16.4 Å². The van der Waals surface area contributed by atoms with Crippen molar-refractivity contribution in [1.29, 1.82) is 5.26 Å². The van der Waals surface area contributed by atoms with E-state index < -0.39 is 10.0 Å². The van der Waals surface area contributed by atoms with Crippen molar-refractivity contribution < 1.29 is 22.7 Å². The Morgan fingerprint density at radius 2 is 1.81 bits per heavy atom. The van der Waals surface area contributed by atoms with E-state index in [1.54, 1.807) is 41.3 Å². The molecule has 9 heteroatoms. The van der Waals surface area contributed by atoms with Gasteiger partial charge in [0.2, 0.25) is 10.0 Å². The largest absolute Gasteiger partial charge is 0.491 e. The van der Waals surface area contributed by atoms with Gasteiger partial charge >= 0.3 is 0 Å². The Morgan fingerprint density at radius 3 is 2.47 bits per heavy atom. The van der Waals surface area contributed by atoms with E-state index in [9.17, 15) is 18.5 Å². The van der Waals surface area contributed by atoms with E-state index in [-0.39, 0.29) is 48.6 Å². The molecule has 32 heavy (non-hydrogen) atoms. The molecule has 0 bridgehead atoms. The van der Waals surface area contributed by atoms with E-state index in [0.717, 1.165) is 19.4 Å². The van der Waals surface area contributed by atoms with Crippen molar-refractivity contribution in [3.8, 4) is 11.8 Å². The number of sulfonamides is 1.